The third-order valence-corrected chi connectivity index (χ3v) is 13.7. The first-order chi connectivity index (χ1) is 20.7. The number of hydrogen-bond donors (Lipinski definition) is 0. The van der Waals surface area contributed by atoms with E-state index in [1.807, 2.05) is 0 Å². The summed E-state index contributed by atoms with van der Waals surface area (Å²) >= 11 is 0. The molecule has 0 aromatic heterocycles. The summed E-state index contributed by atoms with van der Waals surface area (Å²) in [6.07, 6.45) is 49.4. The molecule has 4 unspecified atom stereocenters. The molecule has 0 N–H and O–H groups in total. The lowest BCUT2D eigenvalue weighted by Gasteiger charge is -2.49. The fourth-order valence-corrected chi connectivity index (χ4v) is 11.3. The van der Waals surface area contributed by atoms with Crippen LogP contribution < -0.4 is 0 Å². The van der Waals surface area contributed by atoms with Gasteiger partial charge in [-0.3, -0.25) is 4.90 Å². The highest BCUT2D eigenvalue weighted by Crippen LogP contribution is 2.46. The third kappa shape index (κ3) is 8.57. The first-order valence-corrected chi connectivity index (χ1v) is 19.9. The first-order valence-electron chi connectivity index (χ1n) is 19.9. The molecule has 6 aliphatic carbocycles. The molecule has 0 saturated heterocycles. The van der Waals surface area contributed by atoms with E-state index in [0.717, 1.165) is 59.6 Å². The van der Waals surface area contributed by atoms with Gasteiger partial charge in [-0.25, -0.2) is 0 Å². The molecule has 6 aliphatic rings. The minimum Gasteiger partial charge on any atom is -0.294 e. The van der Waals surface area contributed by atoms with Gasteiger partial charge in [0, 0.05) is 18.1 Å². The highest BCUT2D eigenvalue weighted by Gasteiger charge is 2.37. The molecule has 0 aromatic rings. The van der Waals surface area contributed by atoms with Gasteiger partial charge in [-0.15, -0.1) is 0 Å². The van der Waals surface area contributed by atoms with Gasteiger partial charge in [0.2, 0.25) is 0 Å². The Labute approximate surface area is 262 Å². The van der Waals surface area contributed by atoms with Crippen molar-refractivity contribution in [3.05, 3.63) is 24.3 Å². The van der Waals surface area contributed by atoms with Crippen LogP contribution in [-0.4, -0.2) is 23.0 Å². The van der Waals surface area contributed by atoms with Crippen LogP contribution in [0.25, 0.3) is 0 Å². The minimum absolute atomic E-state index is 0.869. The van der Waals surface area contributed by atoms with Crippen molar-refractivity contribution in [1.29, 1.82) is 0 Å². The van der Waals surface area contributed by atoms with Crippen molar-refractivity contribution in [3.8, 4) is 0 Å². The van der Waals surface area contributed by atoms with E-state index in [0.29, 0.717) is 0 Å². The first kappa shape index (κ1) is 31.4. The van der Waals surface area contributed by atoms with Gasteiger partial charge >= 0.3 is 0 Å². The summed E-state index contributed by atoms with van der Waals surface area (Å²) in [5, 5.41) is 0. The highest BCUT2D eigenvalue weighted by atomic mass is 15.2. The van der Waals surface area contributed by atoms with E-state index in [1.54, 1.807) is 0 Å². The highest BCUT2D eigenvalue weighted by molar-refractivity contribution is 5.02. The molecule has 238 valence electrons. The molecule has 0 heterocycles. The zero-order valence-corrected chi connectivity index (χ0v) is 27.9. The second kappa shape index (κ2) is 16.1. The lowest BCUT2D eigenvalue weighted by atomic mass is 9.64. The van der Waals surface area contributed by atoms with Gasteiger partial charge in [0.15, 0.2) is 0 Å². The molecule has 6 saturated carbocycles. The van der Waals surface area contributed by atoms with Crippen molar-refractivity contribution in [1.82, 2.24) is 4.90 Å². The molecule has 6 rings (SSSR count). The van der Waals surface area contributed by atoms with Crippen LogP contribution in [0.1, 0.15) is 174 Å². The van der Waals surface area contributed by atoms with E-state index in [2.05, 4.69) is 36.1 Å². The van der Waals surface area contributed by atoms with Crippen LogP contribution in [0.5, 0.6) is 0 Å². The van der Waals surface area contributed by atoms with Gasteiger partial charge in [0.1, 0.15) is 0 Å². The van der Waals surface area contributed by atoms with Crippen LogP contribution in [-0.2, 0) is 0 Å². The number of fused-ring (bicyclic) bond motifs is 1. The quantitative estimate of drug-likeness (QED) is 0.247. The summed E-state index contributed by atoms with van der Waals surface area (Å²) in [6, 6.07) is 2.71. The molecule has 1 nitrogen and oxygen atoms in total. The Morgan fingerprint density at radius 1 is 0.429 bits per heavy atom. The maximum atomic E-state index is 3.18. The second-order valence-corrected chi connectivity index (χ2v) is 16.6. The Bertz CT molecular complexity index is 814. The van der Waals surface area contributed by atoms with Gasteiger partial charge in [-0.05, 0) is 157 Å². The third-order valence-electron chi connectivity index (χ3n) is 13.7. The Morgan fingerprint density at radius 2 is 0.857 bits per heavy atom. The fourth-order valence-electron chi connectivity index (χ4n) is 11.3. The van der Waals surface area contributed by atoms with E-state index in [9.17, 15) is 0 Å². The Morgan fingerprint density at radius 3 is 1.40 bits per heavy atom. The molecule has 4 atom stereocenters. The van der Waals surface area contributed by atoms with Gasteiger partial charge < -0.3 is 0 Å². The predicted molar refractivity (Wildman–Crippen MR) is 182 cm³/mol. The number of nitrogens with zero attached hydrogens (tertiary/aromatic N) is 1. The van der Waals surface area contributed by atoms with E-state index in [4.69, 9.17) is 0 Å². The zero-order chi connectivity index (χ0) is 28.6. The van der Waals surface area contributed by atoms with Crippen LogP contribution >= 0.6 is 0 Å². The summed E-state index contributed by atoms with van der Waals surface area (Å²) < 4.78 is 0. The topological polar surface area (TPSA) is 3.24 Å². The van der Waals surface area contributed by atoms with Crippen LogP contribution in [0, 0.1) is 41.4 Å². The zero-order valence-electron chi connectivity index (χ0n) is 27.9. The van der Waals surface area contributed by atoms with Crippen molar-refractivity contribution in [2.24, 2.45) is 41.4 Å². The van der Waals surface area contributed by atoms with E-state index in [-0.39, 0.29) is 0 Å². The predicted octanol–water partition coefficient (Wildman–Crippen LogP) is 12.1. The number of rotatable bonds is 9. The average Bonchev–Trinajstić information content (AvgIpc) is 3.05. The molecule has 0 spiro atoms. The van der Waals surface area contributed by atoms with Gasteiger partial charge in [-0.1, -0.05) is 82.6 Å². The number of allylic oxidation sites excluding steroid dienone is 4. The van der Waals surface area contributed by atoms with Gasteiger partial charge in [-0.2, -0.15) is 0 Å². The van der Waals surface area contributed by atoms with Gasteiger partial charge in [0.05, 0.1) is 0 Å². The van der Waals surface area contributed by atoms with Crippen LogP contribution in [0.2, 0.25) is 0 Å². The summed E-state index contributed by atoms with van der Waals surface area (Å²) in [4.78, 5) is 3.18. The van der Waals surface area contributed by atoms with E-state index in [1.165, 1.54) is 167 Å². The summed E-state index contributed by atoms with van der Waals surface area (Å²) in [7, 11) is 0. The minimum atomic E-state index is 0.869. The maximum absolute atomic E-state index is 3.18. The molecule has 0 aromatic carbocycles. The molecule has 6 fully saturated rings. The monoisotopic (exact) mass is 576 g/mol. The molecule has 0 aliphatic heterocycles. The van der Waals surface area contributed by atoms with Crippen molar-refractivity contribution < 1.29 is 0 Å². The Balaban J connectivity index is 0.949. The standard InChI is InChI=1S/C41H69N/c1-2-9-32-20-26-40(27-21-32)42(39-12-7-4-8-13-39)41-28-22-34(23-29-41)15-17-36-19-25-37-30-35(18-24-38(37)31-36)16-14-33-10-5-3-6-11-33/h14-17,32-41H,2-13,18-31H2,1H3/b16-14+,17-15+. The molecule has 42 heavy (non-hydrogen) atoms. The molecule has 0 bridgehead atoms. The molecular formula is C41H69N. The molecular weight excluding hydrogens is 506 g/mol. The summed E-state index contributed by atoms with van der Waals surface area (Å²) in [6.45, 7) is 2.39. The van der Waals surface area contributed by atoms with Crippen molar-refractivity contribution in [2.75, 3.05) is 0 Å². The molecule has 0 amide bonds. The Hall–Kier alpha value is -0.560. The van der Waals surface area contributed by atoms with E-state index < -0.39 is 0 Å². The normalized spacial score (nSPS) is 39.7. The largest absolute Gasteiger partial charge is 0.294 e. The van der Waals surface area contributed by atoms with Crippen LogP contribution in [0.3, 0.4) is 0 Å². The molecule has 0 radical (unpaired) electrons. The van der Waals surface area contributed by atoms with Crippen molar-refractivity contribution >= 4 is 0 Å². The van der Waals surface area contributed by atoms with Crippen LogP contribution in [0.15, 0.2) is 24.3 Å². The smallest absolute Gasteiger partial charge is 0.0102 e. The van der Waals surface area contributed by atoms with Crippen LogP contribution in [0.4, 0.5) is 0 Å². The number of hydrogen-bond acceptors (Lipinski definition) is 1. The maximum Gasteiger partial charge on any atom is 0.0102 e. The van der Waals surface area contributed by atoms with E-state index >= 15 is 0 Å². The summed E-state index contributed by atoms with van der Waals surface area (Å²) in [5.74, 6) is 6.66. The molecule has 1 heteroatoms. The second-order valence-electron chi connectivity index (χ2n) is 16.6. The van der Waals surface area contributed by atoms with Crippen molar-refractivity contribution in [2.45, 2.75) is 192 Å². The van der Waals surface area contributed by atoms with Crippen molar-refractivity contribution in [3.63, 3.8) is 0 Å². The fraction of sp³-hybridized carbons (Fsp3) is 0.902. The average molecular weight is 576 g/mol. The SMILES string of the molecule is CCCC1CCC(N(C2CCCCC2)C2CCC(/C=C/C3CCC4CC(/C=C/C5CCCCC5)CCC4C3)CC2)CC1. The summed E-state index contributed by atoms with van der Waals surface area (Å²) in [5.41, 5.74) is 0. The Kier molecular flexibility index (Phi) is 12.1. The van der Waals surface area contributed by atoms with Gasteiger partial charge in [0.25, 0.3) is 0 Å². The lowest BCUT2D eigenvalue weighted by molar-refractivity contribution is 0.0114. The lowest BCUT2D eigenvalue weighted by Crippen LogP contribution is -2.52.